The van der Waals surface area contributed by atoms with E-state index in [0.717, 1.165) is 6.20 Å². The van der Waals surface area contributed by atoms with Gasteiger partial charge in [0.15, 0.2) is 0 Å². The van der Waals surface area contributed by atoms with Crippen LogP contribution in [0.3, 0.4) is 0 Å². The van der Waals surface area contributed by atoms with Crippen LogP contribution in [0.5, 0.6) is 0 Å². The second kappa shape index (κ2) is 4.11. The number of aromatic amines is 1. The van der Waals surface area contributed by atoms with Crippen molar-refractivity contribution < 1.29 is 8.42 Å². The van der Waals surface area contributed by atoms with Crippen molar-refractivity contribution in [3.8, 4) is 11.1 Å². The quantitative estimate of drug-likeness (QED) is 0.788. The second-order valence-electron chi connectivity index (χ2n) is 3.35. The van der Waals surface area contributed by atoms with Crippen molar-refractivity contribution in [2.75, 3.05) is 0 Å². The SMILES string of the molecule is NS(=O)(=O)c1cn[nH]c(=O)c1-c1ccccc1. The van der Waals surface area contributed by atoms with E-state index in [2.05, 4.69) is 10.2 Å². The lowest BCUT2D eigenvalue weighted by Crippen LogP contribution is -2.20. The van der Waals surface area contributed by atoms with Crippen LogP contribution >= 0.6 is 0 Å². The maximum atomic E-state index is 11.6. The Hall–Kier alpha value is -1.99. The zero-order chi connectivity index (χ0) is 12.5. The lowest BCUT2D eigenvalue weighted by atomic mass is 10.1. The Kier molecular flexibility index (Phi) is 2.78. The first kappa shape index (κ1) is 11.5. The fraction of sp³-hybridized carbons (Fsp3) is 0. The largest absolute Gasteiger partial charge is 0.273 e. The molecule has 0 saturated carbocycles. The van der Waals surface area contributed by atoms with E-state index in [1.54, 1.807) is 30.3 Å². The van der Waals surface area contributed by atoms with Crippen LogP contribution in [0.15, 0.2) is 46.2 Å². The molecule has 0 amide bonds. The molecule has 0 spiro atoms. The third kappa shape index (κ3) is 2.24. The third-order valence-electron chi connectivity index (χ3n) is 2.19. The summed E-state index contributed by atoms with van der Waals surface area (Å²) in [6, 6.07) is 8.40. The van der Waals surface area contributed by atoms with Crippen molar-refractivity contribution in [3.63, 3.8) is 0 Å². The van der Waals surface area contributed by atoms with Crippen LogP contribution in [0.4, 0.5) is 0 Å². The highest BCUT2D eigenvalue weighted by molar-refractivity contribution is 7.89. The molecule has 88 valence electrons. The number of H-pyrrole nitrogens is 1. The highest BCUT2D eigenvalue weighted by Gasteiger charge is 2.18. The Balaban J connectivity index is 2.83. The van der Waals surface area contributed by atoms with Crippen LogP contribution in [0.2, 0.25) is 0 Å². The number of aromatic nitrogens is 2. The Labute approximate surface area is 97.2 Å². The van der Waals surface area contributed by atoms with Gasteiger partial charge in [0.1, 0.15) is 4.90 Å². The molecule has 0 aliphatic heterocycles. The predicted octanol–water partition coefficient (Wildman–Crippen LogP) is 0.0843. The number of hydrogen-bond donors (Lipinski definition) is 2. The summed E-state index contributed by atoms with van der Waals surface area (Å²) in [4.78, 5) is 11.4. The molecule has 2 aromatic rings. The number of sulfonamides is 1. The van der Waals surface area contributed by atoms with Gasteiger partial charge in [0.2, 0.25) is 10.0 Å². The Morgan fingerprint density at radius 1 is 1.18 bits per heavy atom. The van der Waals surface area contributed by atoms with E-state index in [-0.39, 0.29) is 10.5 Å². The first-order valence-corrected chi connectivity index (χ1v) is 6.20. The lowest BCUT2D eigenvalue weighted by molar-refractivity contribution is 0.597. The molecule has 7 heteroatoms. The van der Waals surface area contributed by atoms with Crippen molar-refractivity contribution in [2.24, 2.45) is 5.14 Å². The number of benzene rings is 1. The van der Waals surface area contributed by atoms with Crippen LogP contribution in [-0.4, -0.2) is 18.6 Å². The number of hydrogen-bond acceptors (Lipinski definition) is 4. The Bertz CT molecular complexity index is 692. The van der Waals surface area contributed by atoms with Gasteiger partial charge in [-0.25, -0.2) is 18.7 Å². The minimum atomic E-state index is -3.99. The molecule has 0 aliphatic carbocycles. The summed E-state index contributed by atoms with van der Waals surface area (Å²) in [6.45, 7) is 0. The van der Waals surface area contributed by atoms with Gasteiger partial charge >= 0.3 is 0 Å². The summed E-state index contributed by atoms with van der Waals surface area (Å²) >= 11 is 0. The molecule has 17 heavy (non-hydrogen) atoms. The van der Waals surface area contributed by atoms with E-state index < -0.39 is 15.6 Å². The van der Waals surface area contributed by atoms with Gasteiger partial charge in [0, 0.05) is 0 Å². The fourth-order valence-corrected chi connectivity index (χ4v) is 2.17. The third-order valence-corrected chi connectivity index (χ3v) is 3.11. The standard InChI is InChI=1S/C10H9N3O3S/c11-17(15,16)8-6-12-13-10(14)9(8)7-4-2-1-3-5-7/h1-6H,(H,13,14)(H2,11,15,16). The maximum absolute atomic E-state index is 11.6. The zero-order valence-corrected chi connectivity index (χ0v) is 9.44. The van der Waals surface area contributed by atoms with Gasteiger partial charge in [-0.2, -0.15) is 5.10 Å². The summed E-state index contributed by atoms with van der Waals surface area (Å²) in [6.07, 6.45) is 1.03. The molecule has 1 heterocycles. The molecule has 0 atom stereocenters. The Morgan fingerprint density at radius 2 is 1.82 bits per heavy atom. The summed E-state index contributed by atoms with van der Waals surface area (Å²) in [5, 5.41) is 10.7. The van der Waals surface area contributed by atoms with Crippen LogP contribution in [0, 0.1) is 0 Å². The van der Waals surface area contributed by atoms with E-state index in [1.165, 1.54) is 0 Å². The summed E-state index contributed by atoms with van der Waals surface area (Å²) in [5.41, 5.74) is -0.119. The molecule has 0 aliphatic rings. The molecule has 3 N–H and O–H groups in total. The van der Waals surface area contributed by atoms with E-state index in [4.69, 9.17) is 5.14 Å². The van der Waals surface area contributed by atoms with Crippen molar-refractivity contribution in [2.45, 2.75) is 4.90 Å². The molecule has 0 bridgehead atoms. The summed E-state index contributed by atoms with van der Waals surface area (Å²) in [5.74, 6) is 0. The number of nitrogens with zero attached hydrogens (tertiary/aromatic N) is 1. The number of primary sulfonamides is 1. The first-order valence-electron chi connectivity index (χ1n) is 4.66. The predicted molar refractivity (Wildman–Crippen MR) is 61.7 cm³/mol. The fourth-order valence-electron chi connectivity index (χ4n) is 1.48. The summed E-state index contributed by atoms with van der Waals surface area (Å²) in [7, 11) is -3.99. The normalized spacial score (nSPS) is 11.4. The van der Waals surface area contributed by atoms with Crippen LogP contribution < -0.4 is 10.7 Å². The van der Waals surface area contributed by atoms with Crippen molar-refractivity contribution >= 4 is 10.0 Å². The van der Waals surface area contributed by atoms with E-state index >= 15 is 0 Å². The zero-order valence-electron chi connectivity index (χ0n) is 8.62. The van der Waals surface area contributed by atoms with E-state index in [9.17, 15) is 13.2 Å². The monoisotopic (exact) mass is 251 g/mol. The van der Waals surface area contributed by atoms with Crippen molar-refractivity contribution in [3.05, 3.63) is 46.9 Å². The molecule has 1 aromatic carbocycles. The molecular weight excluding hydrogens is 242 g/mol. The van der Waals surface area contributed by atoms with Gasteiger partial charge in [0.25, 0.3) is 5.56 Å². The number of nitrogens with one attached hydrogen (secondary N) is 1. The Morgan fingerprint density at radius 3 is 2.41 bits per heavy atom. The van der Waals surface area contributed by atoms with Gasteiger partial charge in [-0.05, 0) is 5.56 Å². The molecule has 0 saturated heterocycles. The van der Waals surface area contributed by atoms with Crippen LogP contribution in [-0.2, 0) is 10.0 Å². The van der Waals surface area contributed by atoms with E-state index in [1.807, 2.05) is 0 Å². The first-order chi connectivity index (χ1) is 8.00. The van der Waals surface area contributed by atoms with Crippen molar-refractivity contribution in [1.29, 1.82) is 0 Å². The highest BCUT2D eigenvalue weighted by Crippen LogP contribution is 2.21. The molecule has 0 radical (unpaired) electrons. The highest BCUT2D eigenvalue weighted by atomic mass is 32.2. The van der Waals surface area contributed by atoms with Crippen molar-refractivity contribution in [1.82, 2.24) is 10.2 Å². The topological polar surface area (TPSA) is 106 Å². The summed E-state index contributed by atoms with van der Waals surface area (Å²) < 4.78 is 22.7. The number of nitrogens with two attached hydrogens (primary N) is 1. The van der Waals surface area contributed by atoms with Gasteiger partial charge < -0.3 is 0 Å². The van der Waals surface area contributed by atoms with Gasteiger partial charge in [-0.3, -0.25) is 4.79 Å². The molecule has 0 fully saturated rings. The van der Waals surface area contributed by atoms with Gasteiger partial charge in [0.05, 0.1) is 11.8 Å². The molecule has 2 rings (SSSR count). The minimum Gasteiger partial charge on any atom is -0.267 e. The van der Waals surface area contributed by atoms with E-state index in [0.29, 0.717) is 5.56 Å². The molecule has 1 aromatic heterocycles. The molecule has 0 unspecified atom stereocenters. The molecular formula is C10H9N3O3S. The second-order valence-corrected chi connectivity index (χ2v) is 4.88. The number of rotatable bonds is 2. The van der Waals surface area contributed by atoms with Gasteiger partial charge in [-0.1, -0.05) is 30.3 Å². The smallest absolute Gasteiger partial charge is 0.267 e. The van der Waals surface area contributed by atoms with Gasteiger partial charge in [-0.15, -0.1) is 0 Å². The van der Waals surface area contributed by atoms with Crippen LogP contribution in [0.25, 0.3) is 11.1 Å². The average molecular weight is 251 g/mol. The maximum Gasteiger partial charge on any atom is 0.273 e. The van der Waals surface area contributed by atoms with Crippen LogP contribution in [0.1, 0.15) is 0 Å². The average Bonchev–Trinajstić information content (AvgIpc) is 2.28. The lowest BCUT2D eigenvalue weighted by Gasteiger charge is -2.05. The molecule has 6 nitrogen and oxygen atoms in total. The minimum absolute atomic E-state index is 0.00287.